The lowest BCUT2D eigenvalue weighted by molar-refractivity contribution is 0.398. The van der Waals surface area contributed by atoms with Gasteiger partial charge in [0.25, 0.3) is 0 Å². The molecular formula is C14H12F4N2O. The summed E-state index contributed by atoms with van der Waals surface area (Å²) in [6.07, 6.45) is 0. The Bertz CT molecular complexity index is 664. The lowest BCUT2D eigenvalue weighted by atomic mass is 9.97. The first-order valence-corrected chi connectivity index (χ1v) is 5.92. The number of benzene rings is 2. The fourth-order valence-corrected chi connectivity index (χ4v) is 2.04. The highest BCUT2D eigenvalue weighted by Gasteiger charge is 2.24. The molecule has 21 heavy (non-hydrogen) atoms. The van der Waals surface area contributed by atoms with Crippen molar-refractivity contribution < 1.29 is 22.3 Å². The van der Waals surface area contributed by atoms with Crippen molar-refractivity contribution in [2.24, 2.45) is 5.84 Å². The van der Waals surface area contributed by atoms with Gasteiger partial charge >= 0.3 is 0 Å². The normalized spacial score (nSPS) is 12.3. The summed E-state index contributed by atoms with van der Waals surface area (Å²) < 4.78 is 58.6. The molecule has 0 amide bonds. The fourth-order valence-electron chi connectivity index (χ4n) is 2.04. The highest BCUT2D eigenvalue weighted by atomic mass is 19.2. The summed E-state index contributed by atoms with van der Waals surface area (Å²) in [5.41, 5.74) is 2.14. The van der Waals surface area contributed by atoms with Gasteiger partial charge in [-0.05, 0) is 24.3 Å². The van der Waals surface area contributed by atoms with Crippen LogP contribution in [0.5, 0.6) is 5.75 Å². The molecule has 0 spiro atoms. The Morgan fingerprint density at radius 2 is 1.71 bits per heavy atom. The van der Waals surface area contributed by atoms with Gasteiger partial charge in [0.1, 0.15) is 11.6 Å². The molecule has 0 aliphatic carbocycles. The first kappa shape index (κ1) is 15.3. The van der Waals surface area contributed by atoms with E-state index >= 15 is 0 Å². The molecule has 1 unspecified atom stereocenters. The lowest BCUT2D eigenvalue weighted by Gasteiger charge is -2.20. The number of halogens is 4. The van der Waals surface area contributed by atoms with Gasteiger partial charge in [0.2, 0.25) is 0 Å². The van der Waals surface area contributed by atoms with E-state index in [9.17, 15) is 17.6 Å². The number of hydrogen-bond donors (Lipinski definition) is 2. The van der Waals surface area contributed by atoms with Crippen molar-refractivity contribution in [2.45, 2.75) is 6.04 Å². The van der Waals surface area contributed by atoms with Crippen molar-refractivity contribution in [3.63, 3.8) is 0 Å². The van der Waals surface area contributed by atoms with Crippen molar-refractivity contribution in [2.75, 3.05) is 7.11 Å². The van der Waals surface area contributed by atoms with Gasteiger partial charge in [-0.25, -0.2) is 23.0 Å². The number of rotatable bonds is 4. The largest absolute Gasteiger partial charge is 0.496 e. The molecule has 0 saturated carbocycles. The smallest absolute Gasteiger partial charge is 0.194 e. The summed E-state index contributed by atoms with van der Waals surface area (Å²) in [6.45, 7) is 0. The van der Waals surface area contributed by atoms with Crippen LogP contribution < -0.4 is 16.0 Å². The van der Waals surface area contributed by atoms with Crippen LogP contribution in [0, 0.1) is 23.3 Å². The average Bonchev–Trinajstić information content (AvgIpc) is 2.48. The molecule has 3 nitrogen and oxygen atoms in total. The molecule has 1 atom stereocenters. The molecule has 0 aliphatic rings. The van der Waals surface area contributed by atoms with E-state index in [1.165, 1.54) is 13.2 Å². The highest BCUT2D eigenvalue weighted by molar-refractivity contribution is 5.42. The van der Waals surface area contributed by atoms with E-state index < -0.39 is 29.3 Å². The minimum atomic E-state index is -1.62. The van der Waals surface area contributed by atoms with Crippen molar-refractivity contribution in [3.8, 4) is 5.75 Å². The van der Waals surface area contributed by atoms with E-state index in [0.717, 1.165) is 24.3 Å². The predicted molar refractivity (Wildman–Crippen MR) is 68.4 cm³/mol. The SMILES string of the molecule is COc1ccc(F)cc1C(NN)c1ccc(F)c(F)c1F. The first-order valence-electron chi connectivity index (χ1n) is 5.92. The minimum absolute atomic E-state index is 0.157. The monoisotopic (exact) mass is 300 g/mol. The first-order chi connectivity index (χ1) is 9.99. The molecule has 0 bridgehead atoms. The average molecular weight is 300 g/mol. The fraction of sp³-hybridized carbons (Fsp3) is 0.143. The summed E-state index contributed by atoms with van der Waals surface area (Å²) in [5.74, 6) is 0.637. The van der Waals surface area contributed by atoms with E-state index in [4.69, 9.17) is 10.6 Å². The van der Waals surface area contributed by atoms with Gasteiger partial charge in [-0.3, -0.25) is 5.84 Å². The molecule has 0 aliphatic heterocycles. The standard InChI is InChI=1S/C14H12F4N2O/c1-21-11-5-2-7(15)6-9(11)14(20-19)8-3-4-10(16)13(18)12(8)17/h2-6,14,20H,19H2,1H3. The number of nitrogens with two attached hydrogens (primary N) is 1. The van der Waals surface area contributed by atoms with Gasteiger partial charge in [-0.1, -0.05) is 6.07 Å². The number of methoxy groups -OCH3 is 1. The third-order valence-electron chi connectivity index (χ3n) is 3.05. The van der Waals surface area contributed by atoms with E-state index in [2.05, 4.69) is 5.43 Å². The van der Waals surface area contributed by atoms with Crippen LogP contribution in [0.2, 0.25) is 0 Å². The van der Waals surface area contributed by atoms with Gasteiger partial charge in [0.15, 0.2) is 17.5 Å². The Hall–Kier alpha value is -2.12. The molecule has 0 radical (unpaired) electrons. The van der Waals surface area contributed by atoms with Gasteiger partial charge in [-0.2, -0.15) is 0 Å². The molecule has 0 aromatic heterocycles. The second-order valence-electron chi connectivity index (χ2n) is 4.25. The van der Waals surface area contributed by atoms with Crippen molar-refractivity contribution in [1.29, 1.82) is 0 Å². The van der Waals surface area contributed by atoms with Crippen LogP contribution >= 0.6 is 0 Å². The Morgan fingerprint density at radius 1 is 1.00 bits per heavy atom. The summed E-state index contributed by atoms with van der Waals surface area (Å²) in [4.78, 5) is 0. The van der Waals surface area contributed by atoms with Gasteiger partial charge in [-0.15, -0.1) is 0 Å². The summed E-state index contributed by atoms with van der Waals surface area (Å²) in [6, 6.07) is 4.24. The Morgan fingerprint density at radius 3 is 2.33 bits per heavy atom. The van der Waals surface area contributed by atoms with Crippen LogP contribution in [0.15, 0.2) is 30.3 Å². The second-order valence-corrected chi connectivity index (χ2v) is 4.25. The lowest BCUT2D eigenvalue weighted by Crippen LogP contribution is -2.30. The van der Waals surface area contributed by atoms with Crippen molar-refractivity contribution in [3.05, 3.63) is 64.7 Å². The van der Waals surface area contributed by atoms with Crippen LogP contribution in [0.4, 0.5) is 17.6 Å². The summed E-state index contributed by atoms with van der Waals surface area (Å²) in [5, 5.41) is 0. The van der Waals surface area contributed by atoms with Crippen LogP contribution in [-0.2, 0) is 0 Å². The molecule has 0 heterocycles. The van der Waals surface area contributed by atoms with E-state index in [1.807, 2.05) is 0 Å². The molecule has 7 heteroatoms. The maximum absolute atomic E-state index is 13.9. The van der Waals surface area contributed by atoms with Gasteiger partial charge in [0.05, 0.1) is 13.2 Å². The number of hydrazine groups is 1. The third-order valence-corrected chi connectivity index (χ3v) is 3.05. The maximum Gasteiger partial charge on any atom is 0.194 e. The third kappa shape index (κ3) is 2.84. The van der Waals surface area contributed by atoms with E-state index in [0.29, 0.717) is 0 Å². The molecule has 2 rings (SSSR count). The van der Waals surface area contributed by atoms with Crippen LogP contribution in [0.1, 0.15) is 17.2 Å². The molecule has 3 N–H and O–H groups in total. The molecule has 2 aromatic carbocycles. The maximum atomic E-state index is 13.9. The summed E-state index contributed by atoms with van der Waals surface area (Å²) >= 11 is 0. The molecule has 0 saturated heterocycles. The van der Waals surface area contributed by atoms with Gasteiger partial charge in [0, 0.05) is 11.1 Å². The molecule has 0 fully saturated rings. The zero-order chi connectivity index (χ0) is 15.6. The zero-order valence-electron chi connectivity index (χ0n) is 11.0. The molecule has 112 valence electrons. The van der Waals surface area contributed by atoms with Crippen LogP contribution in [-0.4, -0.2) is 7.11 Å². The second kappa shape index (κ2) is 6.11. The van der Waals surface area contributed by atoms with Crippen molar-refractivity contribution >= 4 is 0 Å². The molecular weight excluding hydrogens is 288 g/mol. The van der Waals surface area contributed by atoms with Crippen LogP contribution in [0.3, 0.4) is 0 Å². The molecule has 2 aromatic rings. The zero-order valence-corrected chi connectivity index (χ0v) is 11.0. The predicted octanol–water partition coefficient (Wildman–Crippen LogP) is 2.80. The highest BCUT2D eigenvalue weighted by Crippen LogP contribution is 2.32. The Labute approximate surface area is 118 Å². The van der Waals surface area contributed by atoms with Crippen molar-refractivity contribution in [1.82, 2.24) is 5.43 Å². The van der Waals surface area contributed by atoms with E-state index in [-0.39, 0.29) is 16.9 Å². The topological polar surface area (TPSA) is 47.3 Å². The quantitative estimate of drug-likeness (QED) is 0.395. The van der Waals surface area contributed by atoms with E-state index in [1.54, 1.807) is 0 Å². The minimum Gasteiger partial charge on any atom is -0.496 e. The number of ether oxygens (including phenoxy) is 1. The number of hydrogen-bond acceptors (Lipinski definition) is 3. The Balaban J connectivity index is 2.60. The number of nitrogens with one attached hydrogen (secondary N) is 1. The Kier molecular flexibility index (Phi) is 4.44. The van der Waals surface area contributed by atoms with Gasteiger partial charge < -0.3 is 4.74 Å². The van der Waals surface area contributed by atoms with Crippen LogP contribution in [0.25, 0.3) is 0 Å². The summed E-state index contributed by atoms with van der Waals surface area (Å²) in [7, 11) is 1.34.